The maximum Gasteiger partial charge on any atom is 0.433 e. The van der Waals surface area contributed by atoms with Crippen LogP contribution in [0.2, 0.25) is 0 Å². The minimum absolute atomic E-state index is 0.0377. The number of amides is 1. The van der Waals surface area contributed by atoms with E-state index in [-0.39, 0.29) is 17.7 Å². The molecule has 1 aliphatic heterocycles. The topological polar surface area (TPSA) is 88.6 Å². The van der Waals surface area contributed by atoms with Gasteiger partial charge in [0, 0.05) is 19.1 Å². The lowest BCUT2D eigenvalue weighted by Gasteiger charge is -2.34. The van der Waals surface area contributed by atoms with Gasteiger partial charge in [-0.25, -0.2) is 0 Å². The molecule has 1 aromatic heterocycles. The third kappa shape index (κ3) is 3.16. The van der Waals surface area contributed by atoms with E-state index in [2.05, 4.69) is 5.32 Å². The molecule has 0 bridgehead atoms. The van der Waals surface area contributed by atoms with Gasteiger partial charge in [-0.2, -0.15) is 0 Å². The Bertz CT molecular complexity index is 480. The number of piperidine rings is 1. The van der Waals surface area contributed by atoms with Crippen LogP contribution in [-0.4, -0.2) is 41.4 Å². The quantitative estimate of drug-likeness (QED) is 0.656. The predicted molar refractivity (Wildman–Crippen MR) is 72.6 cm³/mol. The highest BCUT2D eigenvalue weighted by Gasteiger charge is 2.28. The largest absolute Gasteiger partial charge is 0.433 e. The van der Waals surface area contributed by atoms with Crippen LogP contribution in [0.5, 0.6) is 0 Å². The third-order valence-corrected chi connectivity index (χ3v) is 3.42. The molecule has 1 fully saturated rings. The minimum Gasteiger partial charge on any atom is -0.395 e. The van der Waals surface area contributed by atoms with Gasteiger partial charge in [0.1, 0.15) is 4.92 Å². The highest BCUT2D eigenvalue weighted by molar-refractivity contribution is 5.92. The van der Waals surface area contributed by atoms with Gasteiger partial charge in [0.15, 0.2) is 5.76 Å². The van der Waals surface area contributed by atoms with Crippen molar-refractivity contribution in [1.82, 2.24) is 10.2 Å². The summed E-state index contributed by atoms with van der Waals surface area (Å²) in [5, 5.41) is 13.9. The molecule has 1 amide bonds. The summed E-state index contributed by atoms with van der Waals surface area (Å²) in [6, 6.07) is 2.72. The second-order valence-corrected chi connectivity index (χ2v) is 4.89. The normalized spacial score (nSPS) is 18.8. The first-order valence-corrected chi connectivity index (χ1v) is 6.89. The van der Waals surface area contributed by atoms with Crippen LogP contribution in [0, 0.1) is 10.1 Å². The first kappa shape index (κ1) is 14.5. The van der Waals surface area contributed by atoms with E-state index in [9.17, 15) is 14.9 Å². The van der Waals surface area contributed by atoms with Gasteiger partial charge in [0.25, 0.3) is 5.91 Å². The standard InChI is InChI=1S/C13H19N3O4/c1-2-8-15(10-4-3-7-14-9-10)13(17)11-5-6-12(20-11)16(18)19/h5-6,10,14H,2-4,7-9H2,1H3. The van der Waals surface area contributed by atoms with Crippen molar-refractivity contribution in [2.24, 2.45) is 0 Å². The average molecular weight is 281 g/mol. The van der Waals surface area contributed by atoms with Crippen LogP contribution < -0.4 is 5.32 Å². The maximum atomic E-state index is 12.5. The lowest BCUT2D eigenvalue weighted by Crippen LogP contribution is -2.48. The molecule has 1 N–H and O–H groups in total. The van der Waals surface area contributed by atoms with Crippen molar-refractivity contribution < 1.29 is 14.1 Å². The zero-order valence-electron chi connectivity index (χ0n) is 11.5. The van der Waals surface area contributed by atoms with Gasteiger partial charge in [-0.15, -0.1) is 0 Å². The molecule has 20 heavy (non-hydrogen) atoms. The monoisotopic (exact) mass is 281 g/mol. The van der Waals surface area contributed by atoms with E-state index in [1.54, 1.807) is 4.90 Å². The molecule has 2 rings (SSSR count). The predicted octanol–water partition coefficient (Wildman–Crippen LogP) is 1.79. The van der Waals surface area contributed by atoms with Crippen LogP contribution in [0.25, 0.3) is 0 Å². The maximum absolute atomic E-state index is 12.5. The highest BCUT2D eigenvalue weighted by Crippen LogP contribution is 2.20. The van der Waals surface area contributed by atoms with Crippen molar-refractivity contribution in [3.63, 3.8) is 0 Å². The molecule has 7 heteroatoms. The van der Waals surface area contributed by atoms with Crippen LogP contribution in [-0.2, 0) is 0 Å². The second kappa shape index (κ2) is 6.51. The molecule has 0 saturated carbocycles. The van der Waals surface area contributed by atoms with Gasteiger partial charge in [0.05, 0.1) is 6.07 Å². The molecular formula is C13H19N3O4. The molecule has 1 unspecified atom stereocenters. The number of nitrogens with one attached hydrogen (secondary N) is 1. The van der Waals surface area contributed by atoms with Crippen LogP contribution in [0.1, 0.15) is 36.7 Å². The van der Waals surface area contributed by atoms with Crippen molar-refractivity contribution in [2.45, 2.75) is 32.2 Å². The Balaban J connectivity index is 2.14. The number of nitrogens with zero attached hydrogens (tertiary/aromatic N) is 2. The Kier molecular flexibility index (Phi) is 4.73. The van der Waals surface area contributed by atoms with Crippen LogP contribution in [0.4, 0.5) is 5.88 Å². The number of nitro groups is 1. The van der Waals surface area contributed by atoms with E-state index >= 15 is 0 Å². The van der Waals surface area contributed by atoms with Gasteiger partial charge in [0.2, 0.25) is 0 Å². The number of carbonyl (C=O) groups excluding carboxylic acids is 1. The van der Waals surface area contributed by atoms with E-state index in [0.29, 0.717) is 6.54 Å². The Hall–Kier alpha value is -1.89. The summed E-state index contributed by atoms with van der Waals surface area (Å²) in [6.45, 7) is 4.35. The van der Waals surface area contributed by atoms with Gasteiger partial charge >= 0.3 is 5.88 Å². The summed E-state index contributed by atoms with van der Waals surface area (Å²) in [4.78, 5) is 24.2. The van der Waals surface area contributed by atoms with E-state index in [1.807, 2.05) is 6.92 Å². The SMILES string of the molecule is CCCN(C(=O)c1ccc([N+](=O)[O-])o1)C1CCCNC1. The minimum atomic E-state index is -0.636. The Morgan fingerprint density at radius 1 is 1.60 bits per heavy atom. The van der Waals surface area contributed by atoms with E-state index < -0.39 is 10.8 Å². The van der Waals surface area contributed by atoms with Crippen LogP contribution in [0.15, 0.2) is 16.5 Å². The smallest absolute Gasteiger partial charge is 0.395 e. The Labute approximate surface area is 117 Å². The van der Waals surface area contributed by atoms with Crippen molar-refractivity contribution in [1.29, 1.82) is 0 Å². The number of rotatable bonds is 5. The second-order valence-electron chi connectivity index (χ2n) is 4.89. The molecule has 0 aromatic carbocycles. The lowest BCUT2D eigenvalue weighted by molar-refractivity contribution is -0.402. The van der Waals surface area contributed by atoms with Gasteiger partial charge in [-0.05, 0) is 31.9 Å². The zero-order valence-corrected chi connectivity index (χ0v) is 11.5. The molecule has 0 aliphatic carbocycles. The average Bonchev–Trinajstić information content (AvgIpc) is 2.95. The molecule has 2 heterocycles. The van der Waals surface area contributed by atoms with Gasteiger partial charge in [-0.1, -0.05) is 6.92 Å². The van der Waals surface area contributed by atoms with Crippen LogP contribution in [0.3, 0.4) is 0 Å². The number of hydrogen-bond acceptors (Lipinski definition) is 5. The summed E-state index contributed by atoms with van der Waals surface area (Å²) >= 11 is 0. The summed E-state index contributed by atoms with van der Waals surface area (Å²) in [6.07, 6.45) is 2.81. The summed E-state index contributed by atoms with van der Waals surface area (Å²) in [5.74, 6) is -0.629. The first-order chi connectivity index (χ1) is 9.63. The van der Waals surface area contributed by atoms with E-state index in [1.165, 1.54) is 12.1 Å². The number of hydrogen-bond donors (Lipinski definition) is 1. The van der Waals surface area contributed by atoms with Crippen LogP contribution >= 0.6 is 0 Å². The highest BCUT2D eigenvalue weighted by atomic mass is 16.6. The summed E-state index contributed by atoms with van der Waals surface area (Å²) in [5.41, 5.74) is 0. The summed E-state index contributed by atoms with van der Waals surface area (Å²) < 4.78 is 5.01. The van der Waals surface area contributed by atoms with Crippen molar-refractivity contribution in [3.8, 4) is 0 Å². The zero-order chi connectivity index (χ0) is 14.5. The van der Waals surface area contributed by atoms with Crippen molar-refractivity contribution in [3.05, 3.63) is 28.0 Å². The van der Waals surface area contributed by atoms with E-state index in [4.69, 9.17) is 4.42 Å². The molecule has 0 spiro atoms. The van der Waals surface area contributed by atoms with E-state index in [0.717, 1.165) is 32.4 Å². The van der Waals surface area contributed by atoms with Gasteiger partial charge < -0.3 is 14.6 Å². The Morgan fingerprint density at radius 3 is 2.95 bits per heavy atom. The molecule has 1 aromatic rings. The fraction of sp³-hybridized carbons (Fsp3) is 0.615. The Morgan fingerprint density at radius 2 is 2.40 bits per heavy atom. The molecular weight excluding hydrogens is 262 g/mol. The molecule has 0 radical (unpaired) electrons. The van der Waals surface area contributed by atoms with Gasteiger partial charge in [-0.3, -0.25) is 14.9 Å². The number of carbonyl (C=O) groups is 1. The van der Waals surface area contributed by atoms with Crippen molar-refractivity contribution >= 4 is 11.8 Å². The number of furan rings is 1. The fourth-order valence-corrected chi connectivity index (χ4v) is 2.47. The molecule has 1 atom stereocenters. The third-order valence-electron chi connectivity index (χ3n) is 3.42. The molecule has 110 valence electrons. The first-order valence-electron chi connectivity index (χ1n) is 6.89. The summed E-state index contributed by atoms with van der Waals surface area (Å²) in [7, 11) is 0. The fourth-order valence-electron chi connectivity index (χ4n) is 2.47. The molecule has 7 nitrogen and oxygen atoms in total. The molecule has 1 saturated heterocycles. The van der Waals surface area contributed by atoms with Crippen molar-refractivity contribution in [2.75, 3.05) is 19.6 Å². The lowest BCUT2D eigenvalue weighted by atomic mass is 10.1. The molecule has 1 aliphatic rings.